The summed E-state index contributed by atoms with van der Waals surface area (Å²) in [6.45, 7) is 10.7. The Morgan fingerprint density at radius 2 is 1.67 bits per heavy atom. The van der Waals surface area contributed by atoms with Gasteiger partial charge in [-0.05, 0) is 44.4 Å². The topological polar surface area (TPSA) is 102 Å². The van der Waals surface area contributed by atoms with E-state index in [1.165, 1.54) is 0 Å². The molecular formula is C22H28N6O2. The maximum Gasteiger partial charge on any atom is 0.407 e. The summed E-state index contributed by atoms with van der Waals surface area (Å²) in [5.41, 5.74) is 0.873. The van der Waals surface area contributed by atoms with Gasteiger partial charge in [0.15, 0.2) is 5.82 Å². The van der Waals surface area contributed by atoms with E-state index in [1.807, 2.05) is 39.0 Å². The van der Waals surface area contributed by atoms with Crippen LogP contribution < -0.4 is 10.6 Å². The largest absolute Gasteiger partial charge is 0.444 e. The number of hydrogen-bond donors (Lipinski definition) is 2. The summed E-state index contributed by atoms with van der Waals surface area (Å²) >= 11 is 0. The lowest BCUT2D eigenvalue weighted by Gasteiger charge is -2.27. The zero-order chi connectivity index (χ0) is 21.8. The van der Waals surface area contributed by atoms with Gasteiger partial charge in [-0.3, -0.25) is 9.97 Å². The third kappa shape index (κ3) is 5.85. The lowest BCUT2D eigenvalue weighted by molar-refractivity contribution is 0.0508. The van der Waals surface area contributed by atoms with Gasteiger partial charge in [0.05, 0.1) is 11.7 Å². The molecule has 0 spiro atoms. The summed E-state index contributed by atoms with van der Waals surface area (Å²) in [6.07, 6.45) is 6.45. The average molecular weight is 409 g/mol. The Kier molecular flexibility index (Phi) is 6.14. The van der Waals surface area contributed by atoms with E-state index in [0.29, 0.717) is 18.9 Å². The minimum Gasteiger partial charge on any atom is -0.444 e. The number of hydrogen-bond acceptors (Lipinski definition) is 7. The van der Waals surface area contributed by atoms with E-state index in [0.717, 1.165) is 22.3 Å². The van der Waals surface area contributed by atoms with Crippen LogP contribution in [0.15, 0.2) is 43.0 Å². The lowest BCUT2D eigenvalue weighted by atomic mass is 9.93. The first-order valence-corrected chi connectivity index (χ1v) is 9.86. The van der Waals surface area contributed by atoms with E-state index in [9.17, 15) is 4.79 Å². The average Bonchev–Trinajstić information content (AvgIpc) is 2.70. The van der Waals surface area contributed by atoms with Crippen molar-refractivity contribution in [3.05, 3.63) is 43.0 Å². The lowest BCUT2D eigenvalue weighted by Crippen LogP contribution is -2.40. The van der Waals surface area contributed by atoms with Crippen LogP contribution in [0.25, 0.3) is 22.3 Å². The van der Waals surface area contributed by atoms with Gasteiger partial charge in [-0.2, -0.15) is 0 Å². The molecule has 30 heavy (non-hydrogen) atoms. The second-order valence-corrected chi connectivity index (χ2v) is 8.90. The number of aromatic nitrogens is 4. The fourth-order valence-electron chi connectivity index (χ4n) is 2.76. The minimum atomic E-state index is -0.524. The van der Waals surface area contributed by atoms with Gasteiger partial charge in [-0.1, -0.05) is 13.8 Å². The van der Waals surface area contributed by atoms with Crippen LogP contribution in [0.2, 0.25) is 0 Å². The van der Waals surface area contributed by atoms with Crippen molar-refractivity contribution < 1.29 is 9.53 Å². The molecule has 0 fully saturated rings. The van der Waals surface area contributed by atoms with Crippen LogP contribution in [0.5, 0.6) is 0 Å². The molecule has 3 aromatic rings. The van der Waals surface area contributed by atoms with E-state index in [2.05, 4.69) is 39.4 Å². The molecule has 158 valence electrons. The summed E-state index contributed by atoms with van der Waals surface area (Å²) in [7, 11) is 0. The summed E-state index contributed by atoms with van der Waals surface area (Å²) in [5.74, 6) is 1.32. The Labute approximate surface area is 176 Å². The van der Waals surface area contributed by atoms with E-state index >= 15 is 0 Å². The molecule has 3 heterocycles. The highest BCUT2D eigenvalue weighted by Gasteiger charge is 2.22. The van der Waals surface area contributed by atoms with Crippen LogP contribution in [-0.2, 0) is 4.74 Å². The van der Waals surface area contributed by atoms with Gasteiger partial charge in [0, 0.05) is 42.6 Å². The number of alkyl carbamates (subject to hydrolysis) is 1. The van der Waals surface area contributed by atoms with Gasteiger partial charge < -0.3 is 15.4 Å². The molecule has 8 heteroatoms. The van der Waals surface area contributed by atoms with E-state index in [1.54, 1.807) is 24.8 Å². The van der Waals surface area contributed by atoms with Gasteiger partial charge in [-0.15, -0.1) is 0 Å². The molecule has 0 bridgehead atoms. The molecule has 0 aliphatic rings. The molecule has 0 radical (unpaired) electrons. The molecule has 0 atom stereocenters. The number of pyridine rings is 2. The first-order valence-electron chi connectivity index (χ1n) is 9.86. The molecule has 0 saturated carbocycles. The SMILES string of the molecule is CC(C)(CNC(=O)OC(C)(C)C)CNc1nc(-c2ccncc2)nc2cnccc12. The number of nitrogens with one attached hydrogen (secondary N) is 2. The number of carbonyl (C=O) groups is 1. The number of amides is 1. The van der Waals surface area contributed by atoms with Crippen molar-refractivity contribution in [2.45, 2.75) is 40.2 Å². The maximum absolute atomic E-state index is 12.0. The number of anilines is 1. The Balaban J connectivity index is 1.75. The van der Waals surface area contributed by atoms with Gasteiger partial charge in [0.25, 0.3) is 0 Å². The zero-order valence-electron chi connectivity index (χ0n) is 18.1. The van der Waals surface area contributed by atoms with Crippen molar-refractivity contribution in [3.63, 3.8) is 0 Å². The predicted octanol–water partition coefficient (Wildman–Crippen LogP) is 4.05. The molecule has 2 N–H and O–H groups in total. The highest BCUT2D eigenvalue weighted by molar-refractivity contribution is 5.89. The van der Waals surface area contributed by atoms with Crippen LogP contribution in [0.3, 0.4) is 0 Å². The Hall–Kier alpha value is -3.29. The van der Waals surface area contributed by atoms with Crippen LogP contribution >= 0.6 is 0 Å². The minimum absolute atomic E-state index is 0.238. The van der Waals surface area contributed by atoms with Crippen molar-refractivity contribution in [1.29, 1.82) is 0 Å². The van der Waals surface area contributed by atoms with Crippen LogP contribution in [0, 0.1) is 5.41 Å². The fraction of sp³-hybridized carbons (Fsp3) is 0.409. The monoisotopic (exact) mass is 408 g/mol. The Morgan fingerprint density at radius 1 is 0.967 bits per heavy atom. The quantitative estimate of drug-likeness (QED) is 0.634. The summed E-state index contributed by atoms with van der Waals surface area (Å²) < 4.78 is 5.32. The van der Waals surface area contributed by atoms with Gasteiger partial charge in [0.2, 0.25) is 0 Å². The third-order valence-electron chi connectivity index (χ3n) is 4.28. The summed E-state index contributed by atoms with van der Waals surface area (Å²) in [5, 5.41) is 7.15. The standard InChI is InChI=1S/C22H28N6O2/c1-21(2,3)30-20(29)26-14-22(4,5)13-25-19-16-8-11-24-12-17(16)27-18(28-19)15-6-9-23-10-7-15/h6-12H,13-14H2,1-5H3,(H,26,29)(H,25,27,28). The Morgan fingerprint density at radius 3 is 2.37 bits per heavy atom. The van der Waals surface area contributed by atoms with Crippen LogP contribution in [0.4, 0.5) is 10.6 Å². The van der Waals surface area contributed by atoms with E-state index in [4.69, 9.17) is 9.72 Å². The van der Waals surface area contributed by atoms with E-state index in [-0.39, 0.29) is 5.41 Å². The van der Waals surface area contributed by atoms with Crippen molar-refractivity contribution in [2.75, 3.05) is 18.4 Å². The number of nitrogens with zero attached hydrogens (tertiary/aromatic N) is 4. The van der Waals surface area contributed by atoms with Gasteiger partial charge in [0.1, 0.15) is 11.4 Å². The number of fused-ring (bicyclic) bond motifs is 1. The maximum atomic E-state index is 12.0. The third-order valence-corrected chi connectivity index (χ3v) is 4.28. The molecule has 0 unspecified atom stereocenters. The second-order valence-electron chi connectivity index (χ2n) is 8.90. The molecule has 8 nitrogen and oxygen atoms in total. The second kappa shape index (κ2) is 8.61. The molecule has 0 aromatic carbocycles. The first kappa shape index (κ1) is 21.4. The summed E-state index contributed by atoms with van der Waals surface area (Å²) in [6, 6.07) is 5.63. The fourth-order valence-corrected chi connectivity index (χ4v) is 2.76. The van der Waals surface area contributed by atoms with Crippen molar-refractivity contribution in [1.82, 2.24) is 25.3 Å². The molecule has 3 aromatic heterocycles. The van der Waals surface area contributed by atoms with Crippen molar-refractivity contribution in [3.8, 4) is 11.4 Å². The highest BCUT2D eigenvalue weighted by Crippen LogP contribution is 2.25. The molecular weight excluding hydrogens is 380 g/mol. The molecule has 0 aliphatic heterocycles. The molecule has 1 amide bonds. The highest BCUT2D eigenvalue weighted by atomic mass is 16.6. The number of rotatable bonds is 6. The molecule has 0 saturated heterocycles. The molecule has 3 rings (SSSR count). The van der Waals surface area contributed by atoms with E-state index < -0.39 is 11.7 Å². The van der Waals surface area contributed by atoms with Crippen LogP contribution in [-0.4, -0.2) is 44.7 Å². The Bertz CT molecular complexity index is 1020. The number of ether oxygens (including phenoxy) is 1. The molecule has 0 aliphatic carbocycles. The first-order chi connectivity index (χ1) is 14.1. The normalized spacial score (nSPS) is 11.9. The van der Waals surface area contributed by atoms with Crippen molar-refractivity contribution in [2.24, 2.45) is 5.41 Å². The summed E-state index contributed by atoms with van der Waals surface area (Å²) in [4.78, 5) is 29.6. The zero-order valence-corrected chi connectivity index (χ0v) is 18.1. The van der Waals surface area contributed by atoms with Crippen molar-refractivity contribution >= 4 is 22.8 Å². The smallest absolute Gasteiger partial charge is 0.407 e. The van der Waals surface area contributed by atoms with Crippen LogP contribution in [0.1, 0.15) is 34.6 Å². The van der Waals surface area contributed by atoms with Gasteiger partial charge >= 0.3 is 6.09 Å². The predicted molar refractivity (Wildman–Crippen MR) is 117 cm³/mol. The van der Waals surface area contributed by atoms with Gasteiger partial charge in [-0.25, -0.2) is 14.8 Å². The number of carbonyl (C=O) groups excluding carboxylic acids is 1.